The molecule has 12 heavy (non-hydrogen) atoms. The molecule has 1 aromatic carbocycles. The van der Waals surface area contributed by atoms with Gasteiger partial charge in [-0.1, -0.05) is 0 Å². The van der Waals surface area contributed by atoms with E-state index >= 15 is 0 Å². The molecule has 0 fully saturated rings. The Hall–Kier alpha value is -0.710. The predicted molar refractivity (Wildman–Crippen MR) is 54.4 cm³/mol. The van der Waals surface area contributed by atoms with E-state index in [2.05, 4.69) is 27.6 Å². The van der Waals surface area contributed by atoms with E-state index in [0.717, 1.165) is 3.57 Å². The van der Waals surface area contributed by atoms with Gasteiger partial charge in [0.15, 0.2) is 0 Å². The smallest absolute Gasteiger partial charge is 0.134 e. The summed E-state index contributed by atoms with van der Waals surface area (Å²) in [5, 5.41) is 0.581. The highest BCUT2D eigenvalue weighted by atomic mass is 127. The lowest BCUT2D eigenvalue weighted by molar-refractivity contribution is 0.638. The summed E-state index contributed by atoms with van der Waals surface area (Å²) in [4.78, 5) is 4.06. The zero-order valence-corrected chi connectivity index (χ0v) is 8.25. The van der Waals surface area contributed by atoms with E-state index < -0.39 is 0 Å². The minimum atomic E-state index is -0.212. The molecule has 0 spiro atoms. The molecule has 0 amide bonds. The standard InChI is InChI=1S/C9H5FIN/c10-8-3-4-12-9-5-6(11)1-2-7(8)9/h1-5H. The zero-order valence-electron chi connectivity index (χ0n) is 6.09. The number of halogens is 2. The minimum absolute atomic E-state index is 0.212. The first-order valence-corrected chi connectivity index (χ1v) is 4.55. The van der Waals surface area contributed by atoms with Crippen LogP contribution in [0.5, 0.6) is 0 Å². The van der Waals surface area contributed by atoms with Crippen molar-refractivity contribution in [3.05, 3.63) is 39.8 Å². The van der Waals surface area contributed by atoms with Crippen LogP contribution in [0, 0.1) is 9.39 Å². The van der Waals surface area contributed by atoms with Crippen LogP contribution in [0.1, 0.15) is 0 Å². The second-order valence-corrected chi connectivity index (χ2v) is 3.70. The highest BCUT2D eigenvalue weighted by molar-refractivity contribution is 14.1. The molecule has 0 bridgehead atoms. The molecule has 60 valence electrons. The van der Waals surface area contributed by atoms with Crippen molar-refractivity contribution in [2.24, 2.45) is 0 Å². The van der Waals surface area contributed by atoms with Crippen LogP contribution in [0.2, 0.25) is 0 Å². The molecule has 1 nitrogen and oxygen atoms in total. The van der Waals surface area contributed by atoms with Crippen LogP contribution in [0.15, 0.2) is 30.5 Å². The number of aromatic nitrogens is 1. The van der Waals surface area contributed by atoms with Crippen LogP contribution in [-0.2, 0) is 0 Å². The molecule has 0 radical (unpaired) electrons. The van der Waals surface area contributed by atoms with Gasteiger partial charge in [0.05, 0.1) is 5.52 Å². The van der Waals surface area contributed by atoms with Gasteiger partial charge in [0.25, 0.3) is 0 Å². The second-order valence-electron chi connectivity index (χ2n) is 2.45. The molecule has 1 heterocycles. The van der Waals surface area contributed by atoms with E-state index in [1.165, 1.54) is 12.3 Å². The van der Waals surface area contributed by atoms with E-state index in [9.17, 15) is 4.39 Å². The summed E-state index contributed by atoms with van der Waals surface area (Å²) >= 11 is 2.18. The van der Waals surface area contributed by atoms with Crippen molar-refractivity contribution in [2.45, 2.75) is 0 Å². The summed E-state index contributed by atoms with van der Waals surface area (Å²) in [6.07, 6.45) is 1.48. The summed E-state index contributed by atoms with van der Waals surface area (Å²) in [6.45, 7) is 0. The average Bonchev–Trinajstić information content (AvgIpc) is 2.04. The lowest BCUT2D eigenvalue weighted by Gasteiger charge is -1.97. The first-order valence-electron chi connectivity index (χ1n) is 3.47. The number of rotatable bonds is 0. The third-order valence-electron chi connectivity index (χ3n) is 1.65. The van der Waals surface area contributed by atoms with Crippen LogP contribution in [0.3, 0.4) is 0 Å². The summed E-state index contributed by atoms with van der Waals surface area (Å²) < 4.78 is 14.1. The molecular formula is C9H5FIN. The van der Waals surface area contributed by atoms with E-state index in [1.807, 2.05) is 12.1 Å². The number of hydrogen-bond donors (Lipinski definition) is 0. The van der Waals surface area contributed by atoms with Crippen LogP contribution in [-0.4, -0.2) is 4.98 Å². The van der Waals surface area contributed by atoms with Crippen molar-refractivity contribution in [1.29, 1.82) is 0 Å². The monoisotopic (exact) mass is 273 g/mol. The Morgan fingerprint density at radius 3 is 2.92 bits per heavy atom. The maximum absolute atomic E-state index is 13.1. The van der Waals surface area contributed by atoms with Crippen LogP contribution < -0.4 is 0 Å². The van der Waals surface area contributed by atoms with E-state index in [1.54, 1.807) is 6.07 Å². The number of hydrogen-bond acceptors (Lipinski definition) is 1. The second kappa shape index (κ2) is 2.97. The number of fused-ring (bicyclic) bond motifs is 1. The summed E-state index contributed by atoms with van der Waals surface area (Å²) in [5.74, 6) is -0.212. The van der Waals surface area contributed by atoms with Crippen LogP contribution >= 0.6 is 22.6 Å². The molecule has 2 rings (SSSR count). The number of nitrogens with zero attached hydrogens (tertiary/aromatic N) is 1. The number of benzene rings is 1. The van der Waals surface area contributed by atoms with Gasteiger partial charge in [-0.25, -0.2) is 4.39 Å². The van der Waals surface area contributed by atoms with Gasteiger partial charge in [-0.3, -0.25) is 4.98 Å². The van der Waals surface area contributed by atoms with Gasteiger partial charge < -0.3 is 0 Å². The van der Waals surface area contributed by atoms with Crippen molar-refractivity contribution in [3.63, 3.8) is 0 Å². The van der Waals surface area contributed by atoms with Gasteiger partial charge in [-0.05, 0) is 46.9 Å². The lowest BCUT2D eigenvalue weighted by Crippen LogP contribution is -1.83. The molecule has 0 atom stereocenters. The first-order chi connectivity index (χ1) is 5.77. The Kier molecular flexibility index (Phi) is 1.96. The quantitative estimate of drug-likeness (QED) is 0.672. The van der Waals surface area contributed by atoms with Gasteiger partial charge in [0.2, 0.25) is 0 Å². The van der Waals surface area contributed by atoms with Crippen LogP contribution in [0.25, 0.3) is 10.9 Å². The topological polar surface area (TPSA) is 12.9 Å². The molecule has 0 N–H and O–H groups in total. The van der Waals surface area contributed by atoms with Gasteiger partial charge in [0.1, 0.15) is 5.82 Å². The van der Waals surface area contributed by atoms with Crippen molar-refractivity contribution < 1.29 is 4.39 Å². The first kappa shape index (κ1) is 7.91. The molecule has 0 saturated heterocycles. The summed E-state index contributed by atoms with van der Waals surface area (Å²) in [5.41, 5.74) is 0.710. The van der Waals surface area contributed by atoms with Gasteiger partial charge >= 0.3 is 0 Å². The maximum Gasteiger partial charge on any atom is 0.134 e. The van der Waals surface area contributed by atoms with Gasteiger partial charge in [-0.2, -0.15) is 0 Å². The van der Waals surface area contributed by atoms with E-state index in [0.29, 0.717) is 10.9 Å². The molecule has 1 aromatic heterocycles. The van der Waals surface area contributed by atoms with Crippen molar-refractivity contribution in [2.75, 3.05) is 0 Å². The Labute approximate surface area is 82.8 Å². The maximum atomic E-state index is 13.1. The molecule has 2 aromatic rings. The fraction of sp³-hybridized carbons (Fsp3) is 0. The Morgan fingerprint density at radius 1 is 1.25 bits per heavy atom. The fourth-order valence-electron chi connectivity index (χ4n) is 1.09. The predicted octanol–water partition coefficient (Wildman–Crippen LogP) is 2.98. The molecule has 0 aliphatic heterocycles. The lowest BCUT2D eigenvalue weighted by atomic mass is 10.2. The summed E-state index contributed by atoms with van der Waals surface area (Å²) in [7, 11) is 0. The SMILES string of the molecule is Fc1ccnc2cc(I)ccc12. The van der Waals surface area contributed by atoms with E-state index in [4.69, 9.17) is 0 Å². The Balaban J connectivity index is 2.86. The Bertz CT molecular complexity index is 428. The van der Waals surface area contributed by atoms with Gasteiger partial charge in [0, 0.05) is 15.2 Å². The van der Waals surface area contributed by atoms with Crippen molar-refractivity contribution in [3.8, 4) is 0 Å². The third kappa shape index (κ3) is 1.29. The Morgan fingerprint density at radius 2 is 2.08 bits per heavy atom. The zero-order chi connectivity index (χ0) is 8.55. The van der Waals surface area contributed by atoms with Crippen molar-refractivity contribution >= 4 is 33.5 Å². The number of pyridine rings is 1. The highest BCUT2D eigenvalue weighted by Crippen LogP contribution is 2.17. The largest absolute Gasteiger partial charge is 0.256 e. The summed E-state index contributed by atoms with van der Waals surface area (Å²) in [6, 6.07) is 6.85. The molecule has 0 unspecified atom stereocenters. The minimum Gasteiger partial charge on any atom is -0.256 e. The molecule has 0 saturated carbocycles. The third-order valence-corrected chi connectivity index (χ3v) is 2.32. The van der Waals surface area contributed by atoms with Crippen molar-refractivity contribution in [1.82, 2.24) is 4.98 Å². The molecule has 0 aliphatic rings. The highest BCUT2D eigenvalue weighted by Gasteiger charge is 1.99. The fourth-order valence-corrected chi connectivity index (χ4v) is 1.56. The average molecular weight is 273 g/mol. The molecular weight excluding hydrogens is 268 g/mol. The van der Waals surface area contributed by atoms with Gasteiger partial charge in [-0.15, -0.1) is 0 Å². The molecule has 0 aliphatic carbocycles. The van der Waals surface area contributed by atoms with Crippen LogP contribution in [0.4, 0.5) is 4.39 Å². The molecule has 3 heteroatoms. The van der Waals surface area contributed by atoms with E-state index in [-0.39, 0.29) is 5.82 Å². The normalized spacial score (nSPS) is 10.5.